The van der Waals surface area contributed by atoms with Crippen molar-refractivity contribution in [1.29, 1.82) is 0 Å². The van der Waals surface area contributed by atoms with Gasteiger partial charge in [-0.15, -0.1) is 0 Å². The Balaban J connectivity index is 1.97. The van der Waals surface area contributed by atoms with E-state index >= 15 is 0 Å². The van der Waals surface area contributed by atoms with Gasteiger partial charge in [0.15, 0.2) is 0 Å². The Morgan fingerprint density at radius 1 is 1.33 bits per heavy atom. The van der Waals surface area contributed by atoms with Gasteiger partial charge in [-0.05, 0) is 18.9 Å². The van der Waals surface area contributed by atoms with E-state index in [4.69, 9.17) is 9.84 Å². The van der Waals surface area contributed by atoms with Crippen molar-refractivity contribution in [2.24, 2.45) is 5.92 Å². The maximum absolute atomic E-state index is 12.0. The number of rotatable bonds is 5. The van der Waals surface area contributed by atoms with Crippen LogP contribution >= 0.6 is 0 Å². The fourth-order valence-corrected chi connectivity index (χ4v) is 2.68. The summed E-state index contributed by atoms with van der Waals surface area (Å²) in [7, 11) is 1.59. The van der Waals surface area contributed by atoms with E-state index in [1.54, 1.807) is 13.2 Å². The minimum absolute atomic E-state index is 0.308. The number of amides is 2. The number of hydrogen-bond donors (Lipinski definition) is 3. The van der Waals surface area contributed by atoms with Gasteiger partial charge in [0.05, 0.1) is 12.5 Å². The zero-order chi connectivity index (χ0) is 15.2. The van der Waals surface area contributed by atoms with Crippen LogP contribution in [0.3, 0.4) is 0 Å². The third-order valence-electron chi connectivity index (χ3n) is 3.72. The zero-order valence-electron chi connectivity index (χ0n) is 12.0. The molecule has 1 aromatic carbocycles. The molecule has 0 aromatic heterocycles. The van der Waals surface area contributed by atoms with Crippen molar-refractivity contribution in [3.8, 4) is 0 Å². The SMILES string of the molecule is COCc1ccccc1NC(=O)NC1CCCC1C(=O)O. The van der Waals surface area contributed by atoms with Crippen molar-refractivity contribution in [3.05, 3.63) is 29.8 Å². The Kier molecular flexibility index (Phi) is 5.16. The highest BCUT2D eigenvalue weighted by atomic mass is 16.5. The molecule has 1 aliphatic rings. The lowest BCUT2D eigenvalue weighted by atomic mass is 10.0. The van der Waals surface area contributed by atoms with Crippen LogP contribution in [-0.2, 0) is 16.1 Å². The fourth-order valence-electron chi connectivity index (χ4n) is 2.68. The quantitative estimate of drug-likeness (QED) is 0.776. The third kappa shape index (κ3) is 3.95. The molecule has 0 radical (unpaired) electrons. The summed E-state index contributed by atoms with van der Waals surface area (Å²) in [4.78, 5) is 23.1. The molecule has 2 rings (SSSR count). The lowest BCUT2D eigenvalue weighted by Gasteiger charge is -2.18. The number of urea groups is 1. The second kappa shape index (κ2) is 7.08. The van der Waals surface area contributed by atoms with Crippen molar-refractivity contribution in [2.45, 2.75) is 31.9 Å². The van der Waals surface area contributed by atoms with E-state index in [0.717, 1.165) is 12.0 Å². The van der Waals surface area contributed by atoms with Crippen molar-refractivity contribution >= 4 is 17.7 Å². The van der Waals surface area contributed by atoms with Gasteiger partial charge in [-0.25, -0.2) is 4.79 Å². The highest BCUT2D eigenvalue weighted by Crippen LogP contribution is 2.26. The first-order chi connectivity index (χ1) is 10.1. The minimum atomic E-state index is -0.849. The number of methoxy groups -OCH3 is 1. The van der Waals surface area contributed by atoms with Crippen molar-refractivity contribution < 1.29 is 19.4 Å². The van der Waals surface area contributed by atoms with Crippen LogP contribution in [0.2, 0.25) is 0 Å². The van der Waals surface area contributed by atoms with Crippen molar-refractivity contribution in [3.63, 3.8) is 0 Å². The summed E-state index contributed by atoms with van der Waals surface area (Å²) in [5, 5.41) is 14.6. The first-order valence-corrected chi connectivity index (χ1v) is 6.99. The number of carboxylic acids is 1. The lowest BCUT2D eigenvalue weighted by molar-refractivity contribution is -0.142. The normalized spacial score (nSPS) is 21.0. The number of carbonyl (C=O) groups is 2. The maximum atomic E-state index is 12.0. The molecule has 2 unspecified atom stereocenters. The van der Waals surface area contributed by atoms with E-state index in [1.165, 1.54) is 0 Å². The molecular weight excluding hydrogens is 272 g/mol. The molecule has 3 N–H and O–H groups in total. The summed E-state index contributed by atoms with van der Waals surface area (Å²) >= 11 is 0. The van der Waals surface area contributed by atoms with E-state index in [1.807, 2.05) is 18.2 Å². The number of para-hydroxylation sites is 1. The number of hydrogen-bond acceptors (Lipinski definition) is 3. The molecule has 0 bridgehead atoms. The number of aliphatic carboxylic acids is 1. The second-order valence-electron chi connectivity index (χ2n) is 5.17. The van der Waals surface area contributed by atoms with Crippen LogP contribution in [-0.4, -0.2) is 30.3 Å². The number of nitrogens with one attached hydrogen (secondary N) is 2. The Morgan fingerprint density at radius 3 is 2.81 bits per heavy atom. The fraction of sp³-hybridized carbons (Fsp3) is 0.467. The summed E-state index contributed by atoms with van der Waals surface area (Å²) in [6.07, 6.45) is 2.13. The number of carbonyl (C=O) groups excluding carboxylic acids is 1. The Morgan fingerprint density at radius 2 is 2.10 bits per heavy atom. The van der Waals surface area contributed by atoms with Gasteiger partial charge in [0.1, 0.15) is 0 Å². The predicted octanol–water partition coefficient (Wildman–Crippen LogP) is 2.21. The molecule has 1 aromatic rings. The first kappa shape index (κ1) is 15.3. The van der Waals surface area contributed by atoms with Crippen molar-refractivity contribution in [2.75, 3.05) is 12.4 Å². The summed E-state index contributed by atoms with van der Waals surface area (Å²) in [5.41, 5.74) is 1.54. The van der Waals surface area contributed by atoms with E-state index in [9.17, 15) is 9.59 Å². The molecule has 6 heteroatoms. The zero-order valence-corrected chi connectivity index (χ0v) is 12.0. The summed E-state index contributed by atoms with van der Waals surface area (Å²) in [6, 6.07) is 6.67. The highest BCUT2D eigenvalue weighted by Gasteiger charge is 2.33. The average Bonchev–Trinajstić information content (AvgIpc) is 2.89. The molecule has 21 heavy (non-hydrogen) atoms. The van der Waals surface area contributed by atoms with Crippen LogP contribution < -0.4 is 10.6 Å². The van der Waals surface area contributed by atoms with Gasteiger partial charge in [0, 0.05) is 24.4 Å². The monoisotopic (exact) mass is 292 g/mol. The average molecular weight is 292 g/mol. The number of benzene rings is 1. The predicted molar refractivity (Wildman–Crippen MR) is 78.1 cm³/mol. The third-order valence-corrected chi connectivity index (χ3v) is 3.72. The van der Waals surface area contributed by atoms with Crippen LogP contribution in [0.4, 0.5) is 10.5 Å². The summed E-state index contributed by atoms with van der Waals surface area (Å²) in [5.74, 6) is -1.34. The Bertz CT molecular complexity index is 518. The lowest BCUT2D eigenvalue weighted by Crippen LogP contribution is -2.42. The van der Waals surface area contributed by atoms with Gasteiger partial charge in [-0.2, -0.15) is 0 Å². The number of ether oxygens (including phenoxy) is 1. The first-order valence-electron chi connectivity index (χ1n) is 6.99. The molecule has 2 amide bonds. The minimum Gasteiger partial charge on any atom is -0.481 e. The molecule has 1 saturated carbocycles. The topological polar surface area (TPSA) is 87.7 Å². The van der Waals surface area contributed by atoms with E-state index in [2.05, 4.69) is 10.6 Å². The molecule has 0 spiro atoms. The summed E-state index contributed by atoms with van der Waals surface area (Å²) in [6.45, 7) is 0.400. The Labute approximate surface area is 123 Å². The van der Waals surface area contributed by atoms with Crippen LogP contribution in [0.15, 0.2) is 24.3 Å². The standard InChI is InChI=1S/C15H20N2O4/c1-21-9-10-5-2-3-7-12(10)16-15(20)17-13-8-4-6-11(13)14(18)19/h2-3,5,7,11,13H,4,6,8-9H2,1H3,(H,18,19)(H2,16,17,20). The van der Waals surface area contributed by atoms with E-state index in [-0.39, 0.29) is 12.1 Å². The van der Waals surface area contributed by atoms with Crippen molar-refractivity contribution in [1.82, 2.24) is 5.32 Å². The van der Waals surface area contributed by atoms with Crippen LogP contribution in [0.5, 0.6) is 0 Å². The molecule has 1 aliphatic carbocycles. The molecule has 2 atom stereocenters. The van der Waals surface area contributed by atoms with Gasteiger partial charge in [-0.3, -0.25) is 4.79 Å². The molecule has 0 saturated heterocycles. The van der Waals surface area contributed by atoms with Crippen LogP contribution in [0.25, 0.3) is 0 Å². The number of carboxylic acid groups (broad SMARTS) is 1. The van der Waals surface area contributed by atoms with Crippen LogP contribution in [0, 0.1) is 5.92 Å². The molecular formula is C15H20N2O4. The summed E-state index contributed by atoms with van der Waals surface area (Å²) < 4.78 is 5.08. The molecule has 0 heterocycles. The van der Waals surface area contributed by atoms with Crippen LogP contribution in [0.1, 0.15) is 24.8 Å². The maximum Gasteiger partial charge on any atom is 0.319 e. The number of anilines is 1. The van der Waals surface area contributed by atoms with Gasteiger partial charge in [-0.1, -0.05) is 24.6 Å². The highest BCUT2D eigenvalue weighted by molar-refractivity contribution is 5.90. The van der Waals surface area contributed by atoms with E-state index in [0.29, 0.717) is 25.1 Å². The van der Waals surface area contributed by atoms with Gasteiger partial charge < -0.3 is 20.5 Å². The van der Waals surface area contributed by atoms with Gasteiger partial charge in [0.2, 0.25) is 0 Å². The molecule has 1 fully saturated rings. The Hall–Kier alpha value is -2.08. The smallest absolute Gasteiger partial charge is 0.319 e. The largest absolute Gasteiger partial charge is 0.481 e. The second-order valence-corrected chi connectivity index (χ2v) is 5.17. The van der Waals surface area contributed by atoms with Gasteiger partial charge in [0.25, 0.3) is 0 Å². The molecule has 6 nitrogen and oxygen atoms in total. The molecule has 114 valence electrons. The molecule has 0 aliphatic heterocycles. The van der Waals surface area contributed by atoms with Gasteiger partial charge >= 0.3 is 12.0 Å². The van der Waals surface area contributed by atoms with E-state index < -0.39 is 11.9 Å².